The molecule has 0 radical (unpaired) electrons. The van der Waals surface area contributed by atoms with Gasteiger partial charge in [-0.3, -0.25) is 0 Å². The molecule has 3 fully saturated rings. The van der Waals surface area contributed by atoms with Crippen molar-refractivity contribution < 1.29 is 9.47 Å². The molecule has 1 spiro atoms. The largest absolute Gasteiger partial charge is 0.381 e. The zero-order valence-corrected chi connectivity index (χ0v) is 10.0. The molecular formula is C13H23NO2. The summed E-state index contributed by atoms with van der Waals surface area (Å²) in [5.74, 6) is 0.846. The van der Waals surface area contributed by atoms with Crippen molar-refractivity contribution in [1.29, 1.82) is 0 Å². The average Bonchev–Trinajstić information content (AvgIpc) is 2.84. The fourth-order valence-corrected chi connectivity index (χ4v) is 3.80. The van der Waals surface area contributed by atoms with E-state index in [1.807, 2.05) is 0 Å². The zero-order valence-electron chi connectivity index (χ0n) is 10.0. The van der Waals surface area contributed by atoms with E-state index in [1.165, 1.54) is 25.7 Å². The number of rotatable bonds is 1. The van der Waals surface area contributed by atoms with Crippen LogP contribution in [0, 0.1) is 5.92 Å². The van der Waals surface area contributed by atoms with Gasteiger partial charge in [-0.15, -0.1) is 0 Å². The van der Waals surface area contributed by atoms with Gasteiger partial charge in [0, 0.05) is 38.6 Å². The fourth-order valence-electron chi connectivity index (χ4n) is 3.80. The number of hydrogen-bond donors (Lipinski definition) is 1. The Morgan fingerprint density at radius 3 is 2.50 bits per heavy atom. The van der Waals surface area contributed by atoms with E-state index in [0.717, 1.165) is 45.1 Å². The van der Waals surface area contributed by atoms with E-state index in [0.29, 0.717) is 6.04 Å². The molecule has 1 unspecified atom stereocenters. The molecule has 2 heterocycles. The number of nitrogens with one attached hydrogen (secondary N) is 1. The molecule has 1 atom stereocenters. The van der Waals surface area contributed by atoms with Gasteiger partial charge in [0.25, 0.3) is 0 Å². The number of ether oxygens (including phenoxy) is 2. The Morgan fingerprint density at radius 1 is 1.00 bits per heavy atom. The minimum absolute atomic E-state index is 0.103. The van der Waals surface area contributed by atoms with E-state index in [-0.39, 0.29) is 5.60 Å². The average molecular weight is 225 g/mol. The molecule has 3 aliphatic rings. The second-order valence-corrected chi connectivity index (χ2v) is 5.50. The topological polar surface area (TPSA) is 30.5 Å². The van der Waals surface area contributed by atoms with Crippen molar-refractivity contribution in [2.45, 2.75) is 50.2 Å². The summed E-state index contributed by atoms with van der Waals surface area (Å²) in [7, 11) is 0. The molecule has 1 aliphatic carbocycles. The highest BCUT2D eigenvalue weighted by atomic mass is 16.5. The van der Waals surface area contributed by atoms with Gasteiger partial charge < -0.3 is 14.8 Å². The van der Waals surface area contributed by atoms with Crippen LogP contribution in [-0.4, -0.2) is 38.0 Å². The highest BCUT2D eigenvalue weighted by Gasteiger charge is 2.46. The third-order valence-corrected chi connectivity index (χ3v) is 4.63. The van der Waals surface area contributed by atoms with Crippen LogP contribution in [0.15, 0.2) is 0 Å². The maximum atomic E-state index is 6.19. The maximum Gasteiger partial charge on any atom is 0.0881 e. The summed E-state index contributed by atoms with van der Waals surface area (Å²) < 4.78 is 11.7. The second kappa shape index (κ2) is 4.63. The maximum absolute atomic E-state index is 6.19. The highest BCUT2D eigenvalue weighted by Crippen LogP contribution is 2.39. The normalized spacial score (nSPS) is 35.6. The SMILES string of the molecule is C1CCC(C2NCCOC23CCOCC3)C1. The van der Waals surface area contributed by atoms with E-state index >= 15 is 0 Å². The Morgan fingerprint density at radius 2 is 1.75 bits per heavy atom. The highest BCUT2D eigenvalue weighted by molar-refractivity contribution is 5.01. The lowest BCUT2D eigenvalue weighted by Crippen LogP contribution is -2.62. The fraction of sp³-hybridized carbons (Fsp3) is 1.00. The van der Waals surface area contributed by atoms with Crippen LogP contribution in [0.5, 0.6) is 0 Å². The van der Waals surface area contributed by atoms with Gasteiger partial charge in [-0.25, -0.2) is 0 Å². The lowest BCUT2D eigenvalue weighted by Gasteiger charge is -2.49. The van der Waals surface area contributed by atoms with Gasteiger partial charge in [0.2, 0.25) is 0 Å². The van der Waals surface area contributed by atoms with Crippen LogP contribution >= 0.6 is 0 Å². The third kappa shape index (κ3) is 1.89. The Labute approximate surface area is 97.9 Å². The number of morpholine rings is 1. The third-order valence-electron chi connectivity index (χ3n) is 4.63. The molecule has 3 heteroatoms. The molecule has 16 heavy (non-hydrogen) atoms. The van der Waals surface area contributed by atoms with Gasteiger partial charge in [0.15, 0.2) is 0 Å². The summed E-state index contributed by atoms with van der Waals surface area (Å²) in [6.07, 6.45) is 7.78. The second-order valence-electron chi connectivity index (χ2n) is 5.50. The van der Waals surface area contributed by atoms with E-state index in [1.54, 1.807) is 0 Å². The standard InChI is InChI=1S/C13H23NO2/c1-2-4-11(3-1)12-13(16-10-7-14-12)5-8-15-9-6-13/h11-12,14H,1-10H2. The van der Waals surface area contributed by atoms with E-state index in [2.05, 4.69) is 5.32 Å². The van der Waals surface area contributed by atoms with Crippen LogP contribution in [0.25, 0.3) is 0 Å². The molecule has 3 rings (SSSR count). The minimum Gasteiger partial charge on any atom is -0.381 e. The van der Waals surface area contributed by atoms with Crippen molar-refractivity contribution in [2.75, 3.05) is 26.4 Å². The molecule has 0 aromatic heterocycles. The summed E-state index contributed by atoms with van der Waals surface area (Å²) in [5.41, 5.74) is 0.103. The monoisotopic (exact) mass is 225 g/mol. The van der Waals surface area contributed by atoms with Gasteiger partial charge in [-0.05, 0) is 18.8 Å². The van der Waals surface area contributed by atoms with Gasteiger partial charge >= 0.3 is 0 Å². The molecule has 1 N–H and O–H groups in total. The predicted octanol–water partition coefficient (Wildman–Crippen LogP) is 1.71. The van der Waals surface area contributed by atoms with Crippen molar-refractivity contribution in [2.24, 2.45) is 5.92 Å². The van der Waals surface area contributed by atoms with Crippen LogP contribution in [0.1, 0.15) is 38.5 Å². The number of hydrogen-bond acceptors (Lipinski definition) is 3. The van der Waals surface area contributed by atoms with E-state index < -0.39 is 0 Å². The molecule has 0 aromatic carbocycles. The minimum atomic E-state index is 0.103. The Kier molecular flexibility index (Phi) is 3.18. The molecule has 3 nitrogen and oxygen atoms in total. The van der Waals surface area contributed by atoms with Crippen LogP contribution in [-0.2, 0) is 9.47 Å². The lowest BCUT2D eigenvalue weighted by molar-refractivity contribution is -0.157. The first-order valence-electron chi connectivity index (χ1n) is 6.86. The zero-order chi connectivity index (χ0) is 10.8. The van der Waals surface area contributed by atoms with Crippen molar-refractivity contribution in [3.8, 4) is 0 Å². The smallest absolute Gasteiger partial charge is 0.0881 e. The van der Waals surface area contributed by atoms with Crippen molar-refractivity contribution >= 4 is 0 Å². The van der Waals surface area contributed by atoms with E-state index in [4.69, 9.17) is 9.47 Å². The first-order chi connectivity index (χ1) is 7.91. The Bertz CT molecular complexity index is 224. The Balaban J connectivity index is 1.76. The summed E-state index contributed by atoms with van der Waals surface area (Å²) in [5, 5.41) is 3.74. The molecule has 0 aromatic rings. The van der Waals surface area contributed by atoms with Crippen LogP contribution in [0.2, 0.25) is 0 Å². The van der Waals surface area contributed by atoms with Crippen molar-refractivity contribution in [3.63, 3.8) is 0 Å². The first kappa shape index (κ1) is 11.0. The van der Waals surface area contributed by atoms with E-state index in [9.17, 15) is 0 Å². The molecule has 2 aliphatic heterocycles. The molecule has 92 valence electrons. The first-order valence-corrected chi connectivity index (χ1v) is 6.86. The summed E-state index contributed by atoms with van der Waals surface area (Å²) in [6.45, 7) is 3.67. The van der Waals surface area contributed by atoms with Gasteiger partial charge in [-0.1, -0.05) is 12.8 Å². The summed E-state index contributed by atoms with van der Waals surface area (Å²) in [4.78, 5) is 0. The van der Waals surface area contributed by atoms with Gasteiger partial charge in [0.1, 0.15) is 0 Å². The summed E-state index contributed by atoms with van der Waals surface area (Å²) >= 11 is 0. The lowest BCUT2D eigenvalue weighted by atomic mass is 9.77. The quantitative estimate of drug-likeness (QED) is 0.737. The van der Waals surface area contributed by atoms with Crippen LogP contribution < -0.4 is 5.32 Å². The molecule has 0 bridgehead atoms. The predicted molar refractivity (Wildman–Crippen MR) is 62.5 cm³/mol. The van der Waals surface area contributed by atoms with Crippen molar-refractivity contribution in [3.05, 3.63) is 0 Å². The van der Waals surface area contributed by atoms with Gasteiger partial charge in [-0.2, -0.15) is 0 Å². The van der Waals surface area contributed by atoms with Crippen LogP contribution in [0.3, 0.4) is 0 Å². The molecule has 2 saturated heterocycles. The molecular weight excluding hydrogens is 202 g/mol. The van der Waals surface area contributed by atoms with Crippen LogP contribution in [0.4, 0.5) is 0 Å². The van der Waals surface area contributed by atoms with Gasteiger partial charge in [0.05, 0.1) is 12.2 Å². The summed E-state index contributed by atoms with van der Waals surface area (Å²) in [6, 6.07) is 0.590. The van der Waals surface area contributed by atoms with Crippen molar-refractivity contribution in [1.82, 2.24) is 5.32 Å². The molecule has 0 amide bonds. The molecule has 1 saturated carbocycles. The Hall–Kier alpha value is -0.120.